The molecule has 0 radical (unpaired) electrons. The minimum atomic E-state index is -4.12. The molecule has 1 aromatic carbocycles. The molecule has 0 spiro atoms. The second-order valence-corrected chi connectivity index (χ2v) is 5.19. The van der Waals surface area contributed by atoms with Gasteiger partial charge in [0.2, 0.25) is 0 Å². The lowest BCUT2D eigenvalue weighted by molar-refractivity contribution is 0.569. The highest BCUT2D eigenvalue weighted by Gasteiger charge is 2.20. The quantitative estimate of drug-likeness (QED) is 0.833. The Morgan fingerprint density at radius 2 is 2.11 bits per heavy atom. The minimum absolute atomic E-state index is 0.103. The van der Waals surface area contributed by atoms with E-state index in [1.54, 1.807) is 0 Å². The summed E-state index contributed by atoms with van der Waals surface area (Å²) in [5.74, 6) is -1.12. The third kappa shape index (κ3) is 3.01. The number of nitrogens with zero attached hydrogens (tertiary/aromatic N) is 3. The molecule has 3 N–H and O–H groups in total. The van der Waals surface area contributed by atoms with Crippen molar-refractivity contribution >= 4 is 16.0 Å². The van der Waals surface area contributed by atoms with Gasteiger partial charge in [0.05, 0.1) is 12.4 Å². The van der Waals surface area contributed by atoms with E-state index in [0.29, 0.717) is 5.56 Å². The van der Waals surface area contributed by atoms with Crippen LogP contribution in [0, 0.1) is 5.82 Å². The summed E-state index contributed by atoms with van der Waals surface area (Å²) >= 11 is 0. The van der Waals surface area contributed by atoms with Crippen molar-refractivity contribution in [2.45, 2.75) is 11.4 Å². The Bertz CT molecular complexity index is 678. The van der Waals surface area contributed by atoms with E-state index < -0.39 is 20.7 Å². The first-order valence-corrected chi connectivity index (χ1v) is 6.66. The number of nitrogens with two attached hydrogens (primary N) is 1. The maximum absolute atomic E-state index is 13.6. The largest absolute Gasteiger partial charge is 0.326 e. The monoisotopic (exact) mass is 283 g/mol. The van der Waals surface area contributed by atoms with E-state index in [1.807, 2.05) is 4.72 Å². The first kappa shape index (κ1) is 13.3. The zero-order valence-electron chi connectivity index (χ0n) is 9.62. The maximum Gasteiger partial charge on any atom is 0.267 e. The Labute approximate surface area is 108 Å². The summed E-state index contributed by atoms with van der Waals surface area (Å²) in [6.45, 7) is 0.103. The molecule has 0 fully saturated rings. The first-order chi connectivity index (χ1) is 9.03. The maximum atomic E-state index is 13.6. The van der Waals surface area contributed by atoms with Gasteiger partial charge < -0.3 is 5.73 Å². The van der Waals surface area contributed by atoms with Crippen LogP contribution in [-0.4, -0.2) is 23.6 Å². The van der Waals surface area contributed by atoms with Crippen LogP contribution in [0.1, 0.15) is 5.56 Å². The van der Waals surface area contributed by atoms with Crippen LogP contribution in [0.3, 0.4) is 0 Å². The average Bonchev–Trinajstić information content (AvgIpc) is 2.39. The Kier molecular flexibility index (Phi) is 3.67. The number of aromatic nitrogens is 3. The first-order valence-electron chi connectivity index (χ1n) is 5.18. The lowest BCUT2D eigenvalue weighted by atomic mass is 10.2. The van der Waals surface area contributed by atoms with Gasteiger partial charge in [-0.1, -0.05) is 6.07 Å². The third-order valence-corrected chi connectivity index (χ3v) is 3.57. The molecule has 0 amide bonds. The minimum Gasteiger partial charge on any atom is -0.326 e. The van der Waals surface area contributed by atoms with Gasteiger partial charge in [-0.05, 0) is 17.7 Å². The van der Waals surface area contributed by atoms with E-state index >= 15 is 0 Å². The molecule has 0 saturated carbocycles. The Hall–Kier alpha value is -2.13. The van der Waals surface area contributed by atoms with E-state index in [9.17, 15) is 12.8 Å². The van der Waals surface area contributed by atoms with Crippen LogP contribution in [0.4, 0.5) is 10.3 Å². The van der Waals surface area contributed by atoms with Gasteiger partial charge >= 0.3 is 0 Å². The molecule has 2 rings (SSSR count). The summed E-state index contributed by atoms with van der Waals surface area (Å²) in [6.07, 6.45) is 2.55. The van der Waals surface area contributed by atoms with Gasteiger partial charge in [0.1, 0.15) is 10.7 Å². The van der Waals surface area contributed by atoms with Crippen molar-refractivity contribution in [2.24, 2.45) is 5.73 Å². The Morgan fingerprint density at radius 1 is 1.32 bits per heavy atom. The summed E-state index contributed by atoms with van der Waals surface area (Å²) in [5, 5.41) is 6.93. The SMILES string of the molecule is NCc1ccc(F)c(S(=O)(=O)Nc2nccnn2)c1. The van der Waals surface area contributed by atoms with E-state index in [2.05, 4.69) is 15.2 Å². The Balaban J connectivity index is 2.39. The number of hydrogen-bond acceptors (Lipinski definition) is 6. The lowest BCUT2D eigenvalue weighted by Crippen LogP contribution is -2.17. The van der Waals surface area contributed by atoms with Crippen LogP contribution in [-0.2, 0) is 16.6 Å². The number of halogens is 1. The number of hydrogen-bond donors (Lipinski definition) is 2. The van der Waals surface area contributed by atoms with Gasteiger partial charge in [0.15, 0.2) is 0 Å². The average molecular weight is 283 g/mol. The highest BCUT2D eigenvalue weighted by molar-refractivity contribution is 7.92. The van der Waals surface area contributed by atoms with Gasteiger partial charge in [-0.15, -0.1) is 5.10 Å². The van der Waals surface area contributed by atoms with Crippen molar-refractivity contribution in [3.8, 4) is 0 Å². The van der Waals surface area contributed by atoms with Crippen LogP contribution in [0.15, 0.2) is 35.5 Å². The normalized spacial score (nSPS) is 11.3. The number of sulfonamides is 1. The molecule has 0 aliphatic carbocycles. The predicted octanol–water partition coefficient (Wildman–Crippen LogP) is 0.270. The van der Waals surface area contributed by atoms with Crippen LogP contribution in [0.5, 0.6) is 0 Å². The van der Waals surface area contributed by atoms with Gasteiger partial charge in [0, 0.05) is 6.54 Å². The molecule has 9 heteroatoms. The fourth-order valence-electron chi connectivity index (χ4n) is 1.35. The van der Waals surface area contributed by atoms with Crippen molar-refractivity contribution in [3.63, 3.8) is 0 Å². The van der Waals surface area contributed by atoms with Crippen LogP contribution >= 0.6 is 0 Å². The number of benzene rings is 1. The summed E-state index contributed by atoms with van der Waals surface area (Å²) in [5.41, 5.74) is 5.89. The second-order valence-electron chi connectivity index (χ2n) is 3.54. The zero-order valence-corrected chi connectivity index (χ0v) is 10.4. The van der Waals surface area contributed by atoms with Crippen LogP contribution in [0.2, 0.25) is 0 Å². The van der Waals surface area contributed by atoms with Crippen molar-refractivity contribution in [1.82, 2.24) is 15.2 Å². The summed E-state index contributed by atoms with van der Waals surface area (Å²) in [7, 11) is -4.12. The molecular formula is C10H10FN5O2S. The molecule has 0 bridgehead atoms. The Morgan fingerprint density at radius 3 is 2.74 bits per heavy atom. The van der Waals surface area contributed by atoms with E-state index in [0.717, 1.165) is 12.1 Å². The lowest BCUT2D eigenvalue weighted by Gasteiger charge is -2.08. The highest BCUT2D eigenvalue weighted by atomic mass is 32.2. The molecule has 100 valence electrons. The molecule has 1 heterocycles. The summed E-state index contributed by atoms with van der Waals surface area (Å²) < 4.78 is 39.6. The number of nitrogens with one attached hydrogen (secondary N) is 1. The number of anilines is 1. The molecule has 2 aromatic rings. The van der Waals surface area contributed by atoms with Crippen LogP contribution < -0.4 is 10.5 Å². The van der Waals surface area contributed by atoms with E-state index in [1.165, 1.54) is 18.5 Å². The predicted molar refractivity (Wildman–Crippen MR) is 64.9 cm³/mol. The van der Waals surface area contributed by atoms with Gasteiger partial charge in [-0.2, -0.15) is 5.10 Å². The van der Waals surface area contributed by atoms with Crippen molar-refractivity contribution < 1.29 is 12.8 Å². The molecule has 1 aromatic heterocycles. The zero-order chi connectivity index (χ0) is 13.9. The second kappa shape index (κ2) is 5.24. The number of rotatable bonds is 4. The summed E-state index contributed by atoms with van der Waals surface area (Å²) in [6, 6.07) is 3.61. The summed E-state index contributed by atoms with van der Waals surface area (Å²) in [4.78, 5) is 3.14. The van der Waals surface area contributed by atoms with E-state index in [-0.39, 0.29) is 12.5 Å². The van der Waals surface area contributed by atoms with Gasteiger partial charge in [-0.3, -0.25) is 0 Å². The standard InChI is InChI=1S/C10H10FN5O2S/c11-8-2-1-7(6-12)5-9(8)19(17,18)16-10-13-3-4-14-15-10/h1-5H,6,12H2,(H,13,15,16). The van der Waals surface area contributed by atoms with Gasteiger partial charge in [-0.25, -0.2) is 22.5 Å². The molecule has 0 aliphatic heterocycles. The molecular weight excluding hydrogens is 273 g/mol. The topological polar surface area (TPSA) is 111 Å². The van der Waals surface area contributed by atoms with Gasteiger partial charge in [0.25, 0.3) is 16.0 Å². The molecule has 0 atom stereocenters. The molecule has 7 nitrogen and oxygen atoms in total. The molecule has 0 aliphatic rings. The smallest absolute Gasteiger partial charge is 0.267 e. The fourth-order valence-corrected chi connectivity index (χ4v) is 2.43. The molecule has 0 saturated heterocycles. The van der Waals surface area contributed by atoms with Crippen molar-refractivity contribution in [2.75, 3.05) is 4.72 Å². The van der Waals surface area contributed by atoms with Crippen LogP contribution in [0.25, 0.3) is 0 Å². The van der Waals surface area contributed by atoms with Crippen molar-refractivity contribution in [1.29, 1.82) is 0 Å². The van der Waals surface area contributed by atoms with E-state index in [4.69, 9.17) is 5.73 Å². The highest BCUT2D eigenvalue weighted by Crippen LogP contribution is 2.18. The molecule has 19 heavy (non-hydrogen) atoms. The van der Waals surface area contributed by atoms with Crippen molar-refractivity contribution in [3.05, 3.63) is 42.0 Å². The fraction of sp³-hybridized carbons (Fsp3) is 0.100. The molecule has 0 unspecified atom stereocenters. The third-order valence-electron chi connectivity index (χ3n) is 2.23.